The molecule has 0 saturated carbocycles. The van der Waals surface area contributed by atoms with Crippen molar-refractivity contribution in [3.05, 3.63) is 0 Å². The van der Waals surface area contributed by atoms with Crippen LogP contribution in [0.15, 0.2) is 0 Å². The molecule has 0 aromatic rings. The molecule has 1 unspecified atom stereocenters. The van der Waals surface area contributed by atoms with E-state index in [1.54, 1.807) is 6.92 Å². The van der Waals surface area contributed by atoms with Crippen molar-refractivity contribution in [3.8, 4) is 0 Å². The number of alkyl halides is 2. The van der Waals surface area contributed by atoms with Crippen molar-refractivity contribution in [2.75, 3.05) is 11.9 Å². The molecule has 1 atom stereocenters. The lowest BCUT2D eigenvalue weighted by atomic mass is 10.3. The molecule has 0 amide bonds. The second-order valence-corrected chi connectivity index (χ2v) is 3.19. The highest BCUT2D eigenvalue weighted by Gasteiger charge is 2.22. The summed E-state index contributed by atoms with van der Waals surface area (Å²) in [5, 5.41) is 0.154. The predicted octanol–water partition coefficient (Wildman–Crippen LogP) is 1.28. The fourth-order valence-electron chi connectivity index (χ4n) is 0.415. The SMILES string of the molecule is CCOC(=O)C(Br)C(=O)CBr. The highest BCUT2D eigenvalue weighted by Crippen LogP contribution is 2.05. The van der Waals surface area contributed by atoms with Gasteiger partial charge in [-0.05, 0) is 6.92 Å². The molecule has 0 spiro atoms. The summed E-state index contributed by atoms with van der Waals surface area (Å²) < 4.78 is 4.60. The molecular weight excluding hydrogens is 280 g/mol. The maximum absolute atomic E-state index is 10.8. The lowest BCUT2D eigenvalue weighted by Gasteiger charge is -2.04. The van der Waals surface area contributed by atoms with Gasteiger partial charge in [-0.1, -0.05) is 31.9 Å². The van der Waals surface area contributed by atoms with Gasteiger partial charge in [0, 0.05) is 0 Å². The van der Waals surface area contributed by atoms with Crippen molar-refractivity contribution in [2.45, 2.75) is 11.8 Å². The molecule has 0 aliphatic rings. The average molecular weight is 288 g/mol. The number of ketones is 1. The van der Waals surface area contributed by atoms with Crippen LogP contribution in [0.25, 0.3) is 0 Å². The Balaban J connectivity index is 3.91. The van der Waals surface area contributed by atoms with E-state index in [0.717, 1.165) is 0 Å². The van der Waals surface area contributed by atoms with Gasteiger partial charge in [0.2, 0.25) is 0 Å². The van der Waals surface area contributed by atoms with Gasteiger partial charge in [-0.25, -0.2) is 0 Å². The number of ether oxygens (including phenoxy) is 1. The molecule has 64 valence electrons. The van der Waals surface area contributed by atoms with Gasteiger partial charge in [0.05, 0.1) is 11.9 Å². The monoisotopic (exact) mass is 286 g/mol. The van der Waals surface area contributed by atoms with E-state index in [-0.39, 0.29) is 17.7 Å². The molecule has 0 saturated heterocycles. The van der Waals surface area contributed by atoms with Gasteiger partial charge in [-0.15, -0.1) is 0 Å². The van der Waals surface area contributed by atoms with Crippen molar-refractivity contribution in [2.24, 2.45) is 0 Å². The van der Waals surface area contributed by atoms with E-state index in [0.29, 0.717) is 0 Å². The van der Waals surface area contributed by atoms with Crippen LogP contribution in [0, 0.1) is 0 Å². The fourth-order valence-corrected chi connectivity index (χ4v) is 1.47. The zero-order chi connectivity index (χ0) is 8.85. The van der Waals surface area contributed by atoms with Crippen LogP contribution < -0.4 is 0 Å². The largest absolute Gasteiger partial charge is 0.465 e. The minimum atomic E-state index is -0.832. The van der Waals surface area contributed by atoms with E-state index in [9.17, 15) is 9.59 Å². The Morgan fingerprint density at radius 2 is 2.09 bits per heavy atom. The van der Waals surface area contributed by atoms with E-state index in [1.165, 1.54) is 0 Å². The number of hydrogen-bond donors (Lipinski definition) is 0. The minimum Gasteiger partial charge on any atom is -0.465 e. The molecule has 0 rings (SSSR count). The highest BCUT2D eigenvalue weighted by molar-refractivity contribution is 9.10. The van der Waals surface area contributed by atoms with Crippen molar-refractivity contribution < 1.29 is 14.3 Å². The number of Topliss-reactive ketones (excluding diaryl/α,β-unsaturated/α-hetero) is 1. The summed E-state index contributed by atoms with van der Waals surface area (Å²) in [5.41, 5.74) is 0. The molecule has 0 N–H and O–H groups in total. The van der Waals surface area contributed by atoms with E-state index < -0.39 is 10.8 Å². The van der Waals surface area contributed by atoms with Crippen molar-refractivity contribution in [1.82, 2.24) is 0 Å². The van der Waals surface area contributed by atoms with Gasteiger partial charge in [0.15, 0.2) is 10.6 Å². The first-order valence-electron chi connectivity index (χ1n) is 3.02. The molecule has 0 aliphatic heterocycles. The van der Waals surface area contributed by atoms with Crippen LogP contribution in [-0.4, -0.2) is 28.5 Å². The molecule has 0 radical (unpaired) electrons. The smallest absolute Gasteiger partial charge is 0.327 e. The van der Waals surface area contributed by atoms with E-state index >= 15 is 0 Å². The molecule has 11 heavy (non-hydrogen) atoms. The van der Waals surface area contributed by atoms with Crippen LogP contribution in [-0.2, 0) is 14.3 Å². The molecule has 0 heterocycles. The van der Waals surface area contributed by atoms with Gasteiger partial charge in [-0.2, -0.15) is 0 Å². The van der Waals surface area contributed by atoms with Crippen molar-refractivity contribution >= 4 is 43.6 Å². The maximum Gasteiger partial charge on any atom is 0.327 e. The summed E-state index contributed by atoms with van der Waals surface area (Å²) in [5.74, 6) is -0.764. The van der Waals surface area contributed by atoms with Gasteiger partial charge in [-0.3, -0.25) is 9.59 Å². The minimum absolute atomic E-state index is 0.154. The normalized spacial score (nSPS) is 12.3. The number of halogens is 2. The Bertz CT molecular complexity index is 158. The lowest BCUT2D eigenvalue weighted by Crippen LogP contribution is -2.27. The molecule has 5 heteroatoms. The Hall–Kier alpha value is 0.1000. The second-order valence-electron chi connectivity index (χ2n) is 1.71. The quantitative estimate of drug-likeness (QED) is 0.444. The van der Waals surface area contributed by atoms with E-state index in [1.807, 2.05) is 0 Å². The van der Waals surface area contributed by atoms with Crippen molar-refractivity contribution in [1.29, 1.82) is 0 Å². The summed E-state index contributed by atoms with van der Waals surface area (Å²) in [6.07, 6.45) is 0. The van der Waals surface area contributed by atoms with Crippen molar-refractivity contribution in [3.63, 3.8) is 0 Å². The van der Waals surface area contributed by atoms with E-state index in [4.69, 9.17) is 0 Å². The first-order chi connectivity index (χ1) is 5.13. The number of carbonyl (C=O) groups excluding carboxylic acids is 2. The number of esters is 1. The van der Waals surface area contributed by atoms with E-state index in [2.05, 4.69) is 36.6 Å². The Labute approximate surface area is 81.7 Å². The van der Waals surface area contributed by atoms with Crippen LogP contribution >= 0.6 is 31.9 Å². The summed E-state index contributed by atoms with van der Waals surface area (Å²) in [7, 11) is 0. The van der Waals surface area contributed by atoms with Gasteiger partial charge in [0.1, 0.15) is 0 Å². The molecule has 0 aromatic carbocycles. The fraction of sp³-hybridized carbons (Fsp3) is 0.667. The second kappa shape index (κ2) is 5.71. The number of rotatable bonds is 4. The zero-order valence-corrected chi connectivity index (χ0v) is 9.14. The third-order valence-corrected chi connectivity index (χ3v) is 2.35. The lowest BCUT2D eigenvalue weighted by molar-refractivity contribution is -0.144. The molecule has 0 fully saturated rings. The van der Waals surface area contributed by atoms with Gasteiger partial charge >= 0.3 is 5.97 Å². The topological polar surface area (TPSA) is 43.4 Å². The Morgan fingerprint density at radius 1 is 1.55 bits per heavy atom. The summed E-state index contributed by atoms with van der Waals surface area (Å²) >= 11 is 5.86. The van der Waals surface area contributed by atoms with Crippen LogP contribution in [0.2, 0.25) is 0 Å². The third kappa shape index (κ3) is 3.86. The number of hydrogen-bond acceptors (Lipinski definition) is 3. The predicted molar refractivity (Wildman–Crippen MR) is 48.1 cm³/mol. The van der Waals surface area contributed by atoms with Crippen LogP contribution in [0.5, 0.6) is 0 Å². The summed E-state index contributed by atoms with van der Waals surface area (Å²) in [6.45, 7) is 1.98. The summed E-state index contributed by atoms with van der Waals surface area (Å²) in [6, 6.07) is 0. The Kier molecular flexibility index (Phi) is 5.76. The standard InChI is InChI=1S/C6H8Br2O3/c1-2-11-6(10)5(8)4(9)3-7/h5H,2-3H2,1H3. The van der Waals surface area contributed by atoms with Gasteiger partial charge in [0.25, 0.3) is 0 Å². The average Bonchev–Trinajstić information content (AvgIpc) is 2.02. The van der Waals surface area contributed by atoms with Gasteiger partial charge < -0.3 is 4.74 Å². The molecule has 3 nitrogen and oxygen atoms in total. The number of carbonyl (C=O) groups is 2. The van der Waals surface area contributed by atoms with Crippen LogP contribution in [0.3, 0.4) is 0 Å². The molecule has 0 aromatic heterocycles. The Morgan fingerprint density at radius 3 is 2.45 bits per heavy atom. The first-order valence-corrected chi connectivity index (χ1v) is 5.06. The van der Waals surface area contributed by atoms with Crippen LogP contribution in [0.1, 0.15) is 6.92 Å². The third-order valence-electron chi connectivity index (χ3n) is 0.908. The first kappa shape index (κ1) is 11.1. The molecule has 0 aliphatic carbocycles. The maximum atomic E-state index is 10.8. The molecule has 0 bridgehead atoms. The van der Waals surface area contributed by atoms with Crippen LogP contribution in [0.4, 0.5) is 0 Å². The molecular formula is C6H8Br2O3. The summed E-state index contributed by atoms with van der Waals surface area (Å²) in [4.78, 5) is 20.8. The zero-order valence-electron chi connectivity index (χ0n) is 5.97. The highest BCUT2D eigenvalue weighted by atomic mass is 79.9.